The molecule has 0 aliphatic carbocycles. The van der Waals surface area contributed by atoms with Gasteiger partial charge in [0.2, 0.25) is 11.8 Å². The maximum Gasteiger partial charge on any atom is 0.245 e. The van der Waals surface area contributed by atoms with E-state index in [1.54, 1.807) is 18.0 Å². The fourth-order valence-corrected chi connectivity index (χ4v) is 2.78. The molecule has 6 nitrogen and oxygen atoms in total. The molecule has 3 atom stereocenters. The van der Waals surface area contributed by atoms with Crippen molar-refractivity contribution >= 4 is 11.8 Å². The number of hydrogen-bond acceptors (Lipinski definition) is 3. The molecule has 0 bridgehead atoms. The molecule has 0 saturated carbocycles. The molecule has 1 aromatic rings. The van der Waals surface area contributed by atoms with Crippen LogP contribution in [0.3, 0.4) is 0 Å². The van der Waals surface area contributed by atoms with E-state index in [1.165, 1.54) is 0 Å². The minimum absolute atomic E-state index is 0.00545. The molecule has 1 aliphatic heterocycles. The Morgan fingerprint density at radius 2 is 2.14 bits per heavy atom. The summed E-state index contributed by atoms with van der Waals surface area (Å²) in [6.07, 6.45) is 5.14. The first kappa shape index (κ1) is 15.5. The highest BCUT2D eigenvalue weighted by Crippen LogP contribution is 2.20. The average Bonchev–Trinajstić information content (AvgIpc) is 2.85. The summed E-state index contributed by atoms with van der Waals surface area (Å²) in [5.74, 6) is 1.01. The number of amides is 2. The molecule has 3 unspecified atom stereocenters. The third-order valence-corrected chi connectivity index (χ3v) is 4.30. The van der Waals surface area contributed by atoms with Gasteiger partial charge in [0, 0.05) is 32.4 Å². The number of imidazole rings is 1. The van der Waals surface area contributed by atoms with Gasteiger partial charge in [-0.3, -0.25) is 9.59 Å². The van der Waals surface area contributed by atoms with Crippen molar-refractivity contribution in [2.45, 2.75) is 45.7 Å². The van der Waals surface area contributed by atoms with Crippen LogP contribution in [0.15, 0.2) is 12.4 Å². The molecule has 6 heteroatoms. The Labute approximate surface area is 125 Å². The number of aromatic nitrogens is 2. The second kappa shape index (κ2) is 6.28. The third kappa shape index (κ3) is 3.09. The normalized spacial score (nSPS) is 24.1. The SMILES string of the molecule is CCC(C)C1C(=O)NC(C)C(=O)N1CCc1nccn1C. The number of carbonyl (C=O) groups excluding carboxylic acids is 2. The molecule has 1 aliphatic rings. The molecule has 1 N–H and O–H groups in total. The first-order chi connectivity index (χ1) is 9.95. The molecule has 2 heterocycles. The van der Waals surface area contributed by atoms with Gasteiger partial charge in [-0.25, -0.2) is 4.98 Å². The van der Waals surface area contributed by atoms with E-state index in [0.717, 1.165) is 12.2 Å². The number of aryl methyl sites for hydroxylation is 1. The number of nitrogens with one attached hydrogen (secondary N) is 1. The fraction of sp³-hybridized carbons (Fsp3) is 0.667. The Kier molecular flexibility index (Phi) is 4.65. The van der Waals surface area contributed by atoms with Crippen LogP contribution in [0.1, 0.15) is 33.0 Å². The van der Waals surface area contributed by atoms with Gasteiger partial charge in [-0.15, -0.1) is 0 Å². The van der Waals surface area contributed by atoms with Gasteiger partial charge in [0.1, 0.15) is 17.9 Å². The van der Waals surface area contributed by atoms with Crippen molar-refractivity contribution < 1.29 is 9.59 Å². The van der Waals surface area contributed by atoms with Crippen LogP contribution in [0, 0.1) is 5.92 Å². The number of nitrogens with zero attached hydrogens (tertiary/aromatic N) is 3. The molecule has 2 amide bonds. The van der Waals surface area contributed by atoms with Crippen LogP contribution >= 0.6 is 0 Å². The second-order valence-electron chi connectivity index (χ2n) is 5.80. The largest absolute Gasteiger partial charge is 0.343 e. The smallest absolute Gasteiger partial charge is 0.245 e. The quantitative estimate of drug-likeness (QED) is 0.870. The number of rotatable bonds is 5. The monoisotopic (exact) mass is 292 g/mol. The Hall–Kier alpha value is -1.85. The molecule has 0 aromatic carbocycles. The van der Waals surface area contributed by atoms with Crippen LogP contribution in [-0.4, -0.2) is 44.9 Å². The lowest BCUT2D eigenvalue weighted by Crippen LogP contribution is -2.64. The predicted molar refractivity (Wildman–Crippen MR) is 79.5 cm³/mol. The van der Waals surface area contributed by atoms with Crippen LogP contribution < -0.4 is 5.32 Å². The molecule has 0 radical (unpaired) electrons. The van der Waals surface area contributed by atoms with Crippen LogP contribution in [0.25, 0.3) is 0 Å². The van der Waals surface area contributed by atoms with E-state index < -0.39 is 6.04 Å². The number of piperazine rings is 1. The molecule has 1 fully saturated rings. The van der Waals surface area contributed by atoms with E-state index in [4.69, 9.17) is 0 Å². The summed E-state index contributed by atoms with van der Waals surface area (Å²) in [6, 6.07) is -0.821. The van der Waals surface area contributed by atoms with Gasteiger partial charge >= 0.3 is 0 Å². The lowest BCUT2D eigenvalue weighted by atomic mass is 9.93. The number of hydrogen-bond donors (Lipinski definition) is 1. The molecular weight excluding hydrogens is 268 g/mol. The number of carbonyl (C=O) groups is 2. The zero-order valence-electron chi connectivity index (χ0n) is 13.2. The summed E-state index contributed by atoms with van der Waals surface area (Å²) in [5, 5.41) is 2.78. The Bertz CT molecular complexity index is 525. The van der Waals surface area contributed by atoms with Gasteiger partial charge in [-0.05, 0) is 12.8 Å². The highest BCUT2D eigenvalue weighted by Gasteiger charge is 2.40. The lowest BCUT2D eigenvalue weighted by Gasteiger charge is -2.40. The van der Waals surface area contributed by atoms with Gasteiger partial charge in [-0.1, -0.05) is 20.3 Å². The van der Waals surface area contributed by atoms with Crippen LogP contribution in [0.4, 0.5) is 0 Å². The minimum Gasteiger partial charge on any atom is -0.343 e. The van der Waals surface area contributed by atoms with Gasteiger partial charge in [0.15, 0.2) is 0 Å². The Morgan fingerprint density at radius 3 is 2.71 bits per heavy atom. The minimum atomic E-state index is -0.445. The van der Waals surface area contributed by atoms with E-state index in [-0.39, 0.29) is 23.8 Å². The first-order valence-corrected chi connectivity index (χ1v) is 7.52. The van der Waals surface area contributed by atoms with Crippen molar-refractivity contribution in [1.82, 2.24) is 19.8 Å². The summed E-state index contributed by atoms with van der Waals surface area (Å²) in [4.78, 5) is 30.7. The predicted octanol–water partition coefficient (Wildman–Crippen LogP) is 0.724. The van der Waals surface area contributed by atoms with Crippen molar-refractivity contribution in [3.05, 3.63) is 18.2 Å². The standard InChI is InChI=1S/C15H24N4O2/c1-5-10(2)13-14(20)17-11(3)15(21)19(13)8-6-12-16-7-9-18(12)4/h7,9-11,13H,5-6,8H2,1-4H3,(H,17,20). The van der Waals surface area contributed by atoms with E-state index in [0.29, 0.717) is 13.0 Å². The van der Waals surface area contributed by atoms with Crippen molar-refractivity contribution in [2.75, 3.05) is 6.54 Å². The van der Waals surface area contributed by atoms with E-state index in [1.807, 2.05) is 31.7 Å². The fourth-order valence-electron chi connectivity index (χ4n) is 2.78. The highest BCUT2D eigenvalue weighted by molar-refractivity contribution is 5.96. The van der Waals surface area contributed by atoms with Gasteiger partial charge in [0.25, 0.3) is 0 Å². The van der Waals surface area contributed by atoms with Crippen LogP contribution in [0.5, 0.6) is 0 Å². The maximum absolute atomic E-state index is 12.4. The van der Waals surface area contributed by atoms with Crippen LogP contribution in [0.2, 0.25) is 0 Å². The molecular formula is C15H24N4O2. The zero-order chi connectivity index (χ0) is 15.6. The van der Waals surface area contributed by atoms with E-state index in [2.05, 4.69) is 10.3 Å². The maximum atomic E-state index is 12.4. The molecule has 116 valence electrons. The molecule has 1 aromatic heterocycles. The first-order valence-electron chi connectivity index (χ1n) is 7.52. The summed E-state index contributed by atoms with van der Waals surface area (Å²) in [6.45, 7) is 6.32. The third-order valence-electron chi connectivity index (χ3n) is 4.30. The molecule has 21 heavy (non-hydrogen) atoms. The van der Waals surface area contributed by atoms with Crippen molar-refractivity contribution in [1.29, 1.82) is 0 Å². The topological polar surface area (TPSA) is 67.2 Å². The van der Waals surface area contributed by atoms with Gasteiger partial charge in [-0.2, -0.15) is 0 Å². The summed E-state index contributed by atoms with van der Waals surface area (Å²) in [7, 11) is 1.93. The summed E-state index contributed by atoms with van der Waals surface area (Å²) < 4.78 is 1.94. The summed E-state index contributed by atoms with van der Waals surface area (Å²) >= 11 is 0. The Morgan fingerprint density at radius 1 is 1.43 bits per heavy atom. The highest BCUT2D eigenvalue weighted by atomic mass is 16.2. The molecule has 1 saturated heterocycles. The molecule has 0 spiro atoms. The van der Waals surface area contributed by atoms with Crippen LogP contribution in [-0.2, 0) is 23.1 Å². The van der Waals surface area contributed by atoms with Crippen molar-refractivity contribution in [3.63, 3.8) is 0 Å². The second-order valence-corrected chi connectivity index (χ2v) is 5.80. The average molecular weight is 292 g/mol. The lowest BCUT2D eigenvalue weighted by molar-refractivity contribution is -0.150. The van der Waals surface area contributed by atoms with Crippen molar-refractivity contribution in [2.24, 2.45) is 13.0 Å². The Balaban J connectivity index is 2.16. The molecule has 2 rings (SSSR count). The zero-order valence-corrected chi connectivity index (χ0v) is 13.2. The van der Waals surface area contributed by atoms with E-state index in [9.17, 15) is 9.59 Å². The summed E-state index contributed by atoms with van der Waals surface area (Å²) in [5.41, 5.74) is 0. The van der Waals surface area contributed by atoms with Gasteiger partial charge < -0.3 is 14.8 Å². The van der Waals surface area contributed by atoms with Crippen molar-refractivity contribution in [3.8, 4) is 0 Å². The van der Waals surface area contributed by atoms with E-state index >= 15 is 0 Å². The van der Waals surface area contributed by atoms with Gasteiger partial charge in [0.05, 0.1) is 0 Å².